The Labute approximate surface area is 212 Å². The van der Waals surface area contributed by atoms with Gasteiger partial charge < -0.3 is 25.4 Å². The van der Waals surface area contributed by atoms with Crippen LogP contribution in [0.1, 0.15) is 40.3 Å². The molecule has 1 atom stereocenters. The molecule has 9 heteroatoms. The van der Waals surface area contributed by atoms with Crippen molar-refractivity contribution in [2.45, 2.75) is 43.5 Å². The Morgan fingerprint density at radius 2 is 1.67 bits per heavy atom. The molecule has 0 bridgehead atoms. The van der Waals surface area contributed by atoms with Gasteiger partial charge >= 0.3 is 0 Å². The van der Waals surface area contributed by atoms with Gasteiger partial charge in [0.05, 0.1) is 24.2 Å². The Bertz CT molecular complexity index is 1230. The molecule has 0 unspecified atom stereocenters. The molecule has 8 nitrogen and oxygen atoms in total. The summed E-state index contributed by atoms with van der Waals surface area (Å²) < 4.78 is 28.7. The Morgan fingerprint density at radius 3 is 2.42 bits per heavy atom. The van der Waals surface area contributed by atoms with Gasteiger partial charge in [0.15, 0.2) is 0 Å². The lowest BCUT2D eigenvalue weighted by atomic mass is 10.0. The molecule has 0 heterocycles. The molecule has 0 radical (unpaired) electrons. The Morgan fingerprint density at radius 1 is 0.944 bits per heavy atom. The van der Waals surface area contributed by atoms with Crippen LogP contribution in [0.2, 0.25) is 0 Å². The largest absolute Gasteiger partial charge is 0.508 e. The summed E-state index contributed by atoms with van der Waals surface area (Å²) in [5, 5.41) is 37.7. The number of nitrogens with two attached hydrogens (primary N) is 1. The minimum atomic E-state index is -3.70. The number of aromatic hydroxyl groups is 1. The summed E-state index contributed by atoms with van der Waals surface area (Å²) in [6, 6.07) is 19.5. The lowest BCUT2D eigenvalue weighted by Gasteiger charge is -2.14. The van der Waals surface area contributed by atoms with Gasteiger partial charge in [-0.2, -0.15) is 0 Å². The first-order valence-electron chi connectivity index (χ1n) is 11.8. The van der Waals surface area contributed by atoms with Crippen molar-refractivity contribution in [2.24, 2.45) is 5.14 Å². The predicted molar refractivity (Wildman–Crippen MR) is 138 cm³/mol. The second kappa shape index (κ2) is 13.5. The van der Waals surface area contributed by atoms with Crippen molar-refractivity contribution < 1.29 is 28.5 Å². The van der Waals surface area contributed by atoms with Crippen molar-refractivity contribution in [3.05, 3.63) is 94.5 Å². The molecule has 0 spiro atoms. The number of sulfonamides is 1. The Hall–Kier alpha value is -2.79. The van der Waals surface area contributed by atoms with E-state index in [0.29, 0.717) is 43.9 Å². The van der Waals surface area contributed by atoms with E-state index in [1.165, 1.54) is 12.1 Å². The van der Waals surface area contributed by atoms with Crippen LogP contribution in [0.15, 0.2) is 71.6 Å². The van der Waals surface area contributed by atoms with Crippen molar-refractivity contribution in [2.75, 3.05) is 19.7 Å². The van der Waals surface area contributed by atoms with Crippen molar-refractivity contribution in [3.63, 3.8) is 0 Å². The number of nitrogens with one attached hydrogen (secondary N) is 1. The molecule has 0 amide bonds. The SMILES string of the molecule is NS(=O)(=O)c1cccc(CCCOCc2cccc(CCNC[C@H](O)c3ccc(O)c(CO)c3)c2)c1. The molecule has 0 aliphatic rings. The van der Waals surface area contributed by atoms with Crippen LogP contribution < -0.4 is 10.5 Å². The van der Waals surface area contributed by atoms with Crippen LogP contribution >= 0.6 is 0 Å². The number of primary sulfonamides is 1. The lowest BCUT2D eigenvalue weighted by molar-refractivity contribution is 0.118. The highest BCUT2D eigenvalue weighted by atomic mass is 32.2. The fraction of sp³-hybridized carbons (Fsp3) is 0.333. The van der Waals surface area contributed by atoms with Gasteiger partial charge in [-0.25, -0.2) is 13.6 Å². The Kier molecular flexibility index (Phi) is 10.4. The normalized spacial score (nSPS) is 12.5. The molecule has 0 aliphatic carbocycles. The molecule has 3 aromatic rings. The fourth-order valence-corrected chi connectivity index (χ4v) is 4.43. The van der Waals surface area contributed by atoms with E-state index < -0.39 is 16.1 Å². The van der Waals surface area contributed by atoms with E-state index in [9.17, 15) is 23.7 Å². The fourth-order valence-electron chi connectivity index (χ4n) is 3.85. The molecular weight excluding hydrogens is 480 g/mol. The average molecular weight is 515 g/mol. The summed E-state index contributed by atoms with van der Waals surface area (Å²) in [7, 11) is -3.70. The zero-order valence-corrected chi connectivity index (χ0v) is 21.0. The number of rotatable bonds is 14. The quantitative estimate of drug-likeness (QED) is 0.208. The van der Waals surface area contributed by atoms with E-state index in [4.69, 9.17) is 9.88 Å². The second-order valence-electron chi connectivity index (χ2n) is 8.68. The highest BCUT2D eigenvalue weighted by Crippen LogP contribution is 2.22. The number of aliphatic hydroxyl groups excluding tert-OH is 2. The summed E-state index contributed by atoms with van der Waals surface area (Å²) >= 11 is 0. The predicted octanol–water partition coefficient (Wildman–Crippen LogP) is 2.55. The van der Waals surface area contributed by atoms with Crippen LogP contribution in [0.3, 0.4) is 0 Å². The monoisotopic (exact) mass is 514 g/mol. The lowest BCUT2D eigenvalue weighted by Crippen LogP contribution is -2.23. The first-order chi connectivity index (χ1) is 17.3. The van der Waals surface area contributed by atoms with Crippen LogP contribution in [0, 0.1) is 0 Å². The van der Waals surface area contributed by atoms with Crippen molar-refractivity contribution in [1.82, 2.24) is 5.32 Å². The molecule has 0 fully saturated rings. The van der Waals surface area contributed by atoms with E-state index in [1.54, 1.807) is 24.3 Å². The molecule has 36 heavy (non-hydrogen) atoms. The van der Waals surface area contributed by atoms with Gasteiger partial charge in [0.1, 0.15) is 5.75 Å². The zero-order valence-electron chi connectivity index (χ0n) is 20.1. The number of aliphatic hydroxyl groups is 2. The summed E-state index contributed by atoms with van der Waals surface area (Å²) in [6.07, 6.45) is 1.52. The van der Waals surface area contributed by atoms with Gasteiger partial charge in [-0.15, -0.1) is 0 Å². The molecule has 6 N–H and O–H groups in total. The van der Waals surface area contributed by atoms with Crippen LogP contribution in [0.5, 0.6) is 5.75 Å². The van der Waals surface area contributed by atoms with Gasteiger partial charge in [0, 0.05) is 18.7 Å². The number of ether oxygens (including phenoxy) is 1. The zero-order chi connectivity index (χ0) is 26.0. The van der Waals surface area contributed by atoms with E-state index >= 15 is 0 Å². The van der Waals surface area contributed by atoms with Gasteiger partial charge in [-0.3, -0.25) is 0 Å². The molecule has 3 aromatic carbocycles. The Balaban J connectivity index is 1.36. The maximum atomic E-state index is 11.5. The van der Waals surface area contributed by atoms with Gasteiger partial charge in [-0.05, 0) is 72.3 Å². The molecule has 0 saturated heterocycles. The minimum Gasteiger partial charge on any atom is -0.508 e. The van der Waals surface area contributed by atoms with Crippen molar-refractivity contribution >= 4 is 10.0 Å². The number of aryl methyl sites for hydroxylation is 1. The number of hydrogen-bond donors (Lipinski definition) is 5. The van der Waals surface area contributed by atoms with Gasteiger partial charge in [0.2, 0.25) is 10.0 Å². The smallest absolute Gasteiger partial charge is 0.238 e. The number of hydrogen-bond acceptors (Lipinski definition) is 7. The maximum Gasteiger partial charge on any atom is 0.238 e. The van der Waals surface area contributed by atoms with Gasteiger partial charge in [-0.1, -0.05) is 42.5 Å². The first-order valence-corrected chi connectivity index (χ1v) is 13.4. The van der Waals surface area contributed by atoms with Crippen molar-refractivity contribution in [3.8, 4) is 5.75 Å². The molecule has 194 valence electrons. The summed E-state index contributed by atoms with van der Waals surface area (Å²) in [4.78, 5) is 0.123. The third-order valence-corrected chi connectivity index (χ3v) is 6.74. The summed E-state index contributed by atoms with van der Waals surface area (Å²) in [5.74, 6) is 0.0141. The maximum absolute atomic E-state index is 11.5. The third-order valence-electron chi connectivity index (χ3n) is 5.83. The number of benzene rings is 3. The highest BCUT2D eigenvalue weighted by molar-refractivity contribution is 7.89. The van der Waals surface area contributed by atoms with Crippen LogP contribution in [-0.4, -0.2) is 43.4 Å². The van der Waals surface area contributed by atoms with E-state index in [0.717, 1.165) is 29.5 Å². The van der Waals surface area contributed by atoms with Gasteiger partial charge in [0.25, 0.3) is 0 Å². The molecule has 0 aliphatic heterocycles. The molecule has 0 aromatic heterocycles. The highest BCUT2D eigenvalue weighted by Gasteiger charge is 2.10. The van der Waals surface area contributed by atoms with Crippen LogP contribution in [0.25, 0.3) is 0 Å². The van der Waals surface area contributed by atoms with Crippen LogP contribution in [0.4, 0.5) is 0 Å². The van der Waals surface area contributed by atoms with E-state index in [2.05, 4.69) is 11.4 Å². The second-order valence-corrected chi connectivity index (χ2v) is 10.2. The summed E-state index contributed by atoms with van der Waals surface area (Å²) in [5.41, 5.74) is 4.17. The third kappa shape index (κ3) is 8.70. The minimum absolute atomic E-state index is 0.0141. The molecular formula is C27H34N2O6S. The van der Waals surface area contributed by atoms with Crippen molar-refractivity contribution in [1.29, 1.82) is 0 Å². The molecule has 3 rings (SSSR count). The van der Waals surface area contributed by atoms with Crippen LogP contribution in [-0.2, 0) is 40.8 Å². The first kappa shape index (κ1) is 27.8. The summed E-state index contributed by atoms with van der Waals surface area (Å²) in [6.45, 7) is 1.81. The van der Waals surface area contributed by atoms with E-state index in [1.807, 2.05) is 24.3 Å². The standard InChI is InChI=1S/C27H34N2O6S/c28-36(33,34)25-8-2-5-20(15-25)7-3-13-35-19-22-6-1-4-21(14-22)11-12-29-17-27(32)23-9-10-26(31)24(16-23)18-30/h1-2,4-6,8-10,14-16,27,29-32H,3,7,11-13,17-19H2,(H2,28,33,34)/t27-/m0/s1. The average Bonchev–Trinajstić information content (AvgIpc) is 2.86. The number of phenols is 1. The topological polar surface area (TPSA) is 142 Å². The molecule has 0 saturated carbocycles. The van der Waals surface area contributed by atoms with E-state index in [-0.39, 0.29) is 17.3 Å².